The third-order valence-corrected chi connectivity index (χ3v) is 11.1. The van der Waals surface area contributed by atoms with Gasteiger partial charge in [0.05, 0.1) is 17.1 Å². The van der Waals surface area contributed by atoms with Crippen LogP contribution in [0.25, 0.3) is 11.1 Å². The number of hydrogen-bond acceptors (Lipinski definition) is 6. The van der Waals surface area contributed by atoms with E-state index in [-0.39, 0.29) is 22.8 Å². The van der Waals surface area contributed by atoms with Crippen LogP contribution in [0, 0.1) is 25.7 Å². The SMILES string of the molecule is C=C(C)[C@@H]1C[C@@H]2CN(S(=O)(=O)c3ccc(-c4ccccc4)cc3)CC[C@H]2O[C@H]1c1cc(Oc2cc(C)cc(C)c2)ccc1OCC(=O)O. The van der Waals surface area contributed by atoms with Gasteiger partial charge in [0.1, 0.15) is 17.2 Å². The molecule has 1 N–H and O–H groups in total. The van der Waals surface area contributed by atoms with E-state index in [0.29, 0.717) is 48.7 Å². The number of sulfonamides is 1. The molecule has 4 atom stereocenters. The molecule has 2 heterocycles. The molecule has 2 fully saturated rings. The van der Waals surface area contributed by atoms with Crippen molar-refractivity contribution in [3.8, 4) is 28.4 Å². The number of fused-ring (bicyclic) bond motifs is 1. The lowest BCUT2D eigenvalue weighted by Crippen LogP contribution is -2.50. The number of carboxylic acid groups (broad SMARTS) is 1. The molecule has 48 heavy (non-hydrogen) atoms. The van der Waals surface area contributed by atoms with E-state index < -0.39 is 28.7 Å². The lowest BCUT2D eigenvalue weighted by atomic mass is 9.76. The molecular weight excluding hydrogens is 626 g/mol. The summed E-state index contributed by atoms with van der Waals surface area (Å²) in [5.41, 5.74) is 5.71. The Kier molecular flexibility index (Phi) is 9.73. The second-order valence-electron chi connectivity index (χ2n) is 12.9. The van der Waals surface area contributed by atoms with Gasteiger partial charge >= 0.3 is 5.97 Å². The van der Waals surface area contributed by atoms with Gasteiger partial charge in [-0.25, -0.2) is 13.2 Å². The summed E-state index contributed by atoms with van der Waals surface area (Å²) in [6, 6.07) is 28.2. The van der Waals surface area contributed by atoms with Crippen molar-refractivity contribution in [2.24, 2.45) is 11.8 Å². The highest BCUT2D eigenvalue weighted by Gasteiger charge is 2.45. The molecule has 4 aromatic carbocycles. The molecule has 2 aliphatic heterocycles. The molecule has 2 saturated heterocycles. The van der Waals surface area contributed by atoms with Crippen molar-refractivity contribution in [3.05, 3.63) is 120 Å². The maximum absolute atomic E-state index is 13.8. The first-order valence-electron chi connectivity index (χ1n) is 16.2. The molecule has 9 heteroatoms. The van der Waals surface area contributed by atoms with Crippen molar-refractivity contribution >= 4 is 16.0 Å². The largest absolute Gasteiger partial charge is 0.482 e. The van der Waals surface area contributed by atoms with E-state index in [2.05, 4.69) is 12.6 Å². The molecule has 0 radical (unpaired) electrons. The zero-order valence-electron chi connectivity index (χ0n) is 27.5. The number of benzene rings is 4. The summed E-state index contributed by atoms with van der Waals surface area (Å²) in [5.74, 6) is 0.376. The second kappa shape index (κ2) is 14.0. The highest BCUT2D eigenvalue weighted by Crippen LogP contribution is 2.48. The zero-order valence-corrected chi connectivity index (χ0v) is 28.3. The van der Waals surface area contributed by atoms with Gasteiger partial charge in [-0.15, -0.1) is 0 Å². The maximum atomic E-state index is 13.8. The van der Waals surface area contributed by atoms with Gasteiger partial charge in [0.25, 0.3) is 0 Å². The van der Waals surface area contributed by atoms with Gasteiger partial charge in [0.15, 0.2) is 6.61 Å². The number of aliphatic carboxylic acids is 1. The fourth-order valence-corrected chi connectivity index (χ4v) is 8.41. The quantitative estimate of drug-likeness (QED) is 0.171. The number of carboxylic acids is 1. The molecule has 0 spiro atoms. The number of nitrogens with zero attached hydrogens (tertiary/aromatic N) is 1. The minimum atomic E-state index is -3.72. The molecule has 250 valence electrons. The van der Waals surface area contributed by atoms with Gasteiger partial charge in [-0.1, -0.05) is 60.7 Å². The molecule has 0 bridgehead atoms. The number of carbonyl (C=O) groups is 1. The summed E-state index contributed by atoms with van der Waals surface area (Å²) in [6.07, 6.45) is 0.498. The first kappa shape index (κ1) is 33.5. The van der Waals surface area contributed by atoms with E-state index in [4.69, 9.17) is 14.2 Å². The highest BCUT2D eigenvalue weighted by molar-refractivity contribution is 7.89. The molecular formula is C39H41NO7S. The normalized spacial score (nSPS) is 21.2. The molecule has 0 aliphatic carbocycles. The van der Waals surface area contributed by atoms with E-state index in [1.807, 2.05) is 81.4 Å². The molecule has 2 aliphatic rings. The summed E-state index contributed by atoms with van der Waals surface area (Å²) in [5, 5.41) is 9.36. The van der Waals surface area contributed by atoms with E-state index >= 15 is 0 Å². The Bertz CT molecular complexity index is 1890. The predicted octanol–water partition coefficient (Wildman–Crippen LogP) is 7.96. The Balaban J connectivity index is 1.24. The first-order valence-corrected chi connectivity index (χ1v) is 17.6. The maximum Gasteiger partial charge on any atom is 0.341 e. The van der Waals surface area contributed by atoms with Crippen molar-refractivity contribution in [2.75, 3.05) is 19.7 Å². The Labute approximate surface area is 282 Å². The third kappa shape index (κ3) is 7.33. The molecule has 0 aromatic heterocycles. The smallest absolute Gasteiger partial charge is 0.341 e. The number of hydrogen-bond donors (Lipinski definition) is 1. The van der Waals surface area contributed by atoms with Crippen molar-refractivity contribution in [3.63, 3.8) is 0 Å². The van der Waals surface area contributed by atoms with Crippen molar-refractivity contribution in [1.29, 1.82) is 0 Å². The lowest BCUT2D eigenvalue weighted by Gasteiger charge is -2.47. The Morgan fingerprint density at radius 1 is 0.938 bits per heavy atom. The zero-order chi connectivity index (χ0) is 34.0. The fourth-order valence-electron chi connectivity index (χ4n) is 6.89. The summed E-state index contributed by atoms with van der Waals surface area (Å²) < 4.78 is 48.0. The van der Waals surface area contributed by atoms with Crippen molar-refractivity contribution in [2.45, 2.75) is 50.7 Å². The number of ether oxygens (including phenoxy) is 3. The van der Waals surface area contributed by atoms with Gasteiger partial charge < -0.3 is 19.3 Å². The minimum Gasteiger partial charge on any atom is -0.482 e. The minimum absolute atomic E-state index is 0.0480. The average molecular weight is 668 g/mol. The summed E-state index contributed by atoms with van der Waals surface area (Å²) >= 11 is 0. The number of rotatable bonds is 10. The fraction of sp³-hybridized carbons (Fsp3) is 0.308. The van der Waals surface area contributed by atoms with Crippen LogP contribution in [-0.2, 0) is 19.6 Å². The predicted molar refractivity (Wildman–Crippen MR) is 185 cm³/mol. The Morgan fingerprint density at radius 2 is 1.62 bits per heavy atom. The van der Waals surface area contributed by atoms with Crippen molar-refractivity contribution in [1.82, 2.24) is 4.31 Å². The standard InChI is InChI=1S/C39H41NO7S/c1-25(2)34-21-30-23-40(48(43,44)33-13-10-29(11-14-33)28-8-6-5-7-9-28)17-16-36(30)47-39(34)35-22-31(12-15-37(35)45-24-38(41)42)46-32-19-26(3)18-27(4)20-32/h5-15,18-20,22,30,34,36,39H,1,16-17,21,23-24H2,2-4H3,(H,41,42)/t30-,34+,36-,39-/m1/s1. The van der Waals surface area contributed by atoms with Crippen LogP contribution in [0.3, 0.4) is 0 Å². The van der Waals surface area contributed by atoms with Crippen LogP contribution in [0.5, 0.6) is 17.2 Å². The third-order valence-electron chi connectivity index (χ3n) is 9.17. The van der Waals surface area contributed by atoms with Crippen LogP contribution >= 0.6 is 0 Å². The van der Waals surface area contributed by atoms with E-state index in [1.165, 1.54) is 0 Å². The van der Waals surface area contributed by atoms with Crippen LogP contribution in [0.15, 0.2) is 108 Å². The van der Waals surface area contributed by atoms with Gasteiger partial charge in [-0.3, -0.25) is 0 Å². The van der Waals surface area contributed by atoms with Crippen molar-refractivity contribution < 1.29 is 32.5 Å². The molecule has 0 unspecified atom stereocenters. The molecule has 0 amide bonds. The first-order chi connectivity index (χ1) is 23.0. The summed E-state index contributed by atoms with van der Waals surface area (Å²) in [6.45, 7) is 10.4. The van der Waals surface area contributed by atoms with Gasteiger partial charge in [-0.2, -0.15) is 4.31 Å². The Hall–Kier alpha value is -4.44. The van der Waals surface area contributed by atoms with E-state index in [1.54, 1.807) is 28.6 Å². The van der Waals surface area contributed by atoms with Gasteiger partial charge in [-0.05, 0) is 104 Å². The topological polar surface area (TPSA) is 102 Å². The van der Waals surface area contributed by atoms with Crippen LogP contribution < -0.4 is 9.47 Å². The molecule has 8 nitrogen and oxygen atoms in total. The summed E-state index contributed by atoms with van der Waals surface area (Å²) in [4.78, 5) is 11.7. The van der Waals surface area contributed by atoms with Crippen LogP contribution in [0.4, 0.5) is 0 Å². The monoisotopic (exact) mass is 667 g/mol. The molecule has 6 rings (SSSR count). The van der Waals surface area contributed by atoms with E-state index in [0.717, 1.165) is 27.8 Å². The number of piperidine rings is 1. The number of aryl methyl sites for hydroxylation is 2. The van der Waals surface area contributed by atoms with Gasteiger partial charge in [0.2, 0.25) is 10.0 Å². The highest BCUT2D eigenvalue weighted by atomic mass is 32.2. The van der Waals surface area contributed by atoms with E-state index in [9.17, 15) is 18.3 Å². The van der Waals surface area contributed by atoms with Gasteiger partial charge in [0, 0.05) is 24.6 Å². The summed E-state index contributed by atoms with van der Waals surface area (Å²) in [7, 11) is -3.72. The van der Waals surface area contributed by atoms with Crippen LogP contribution in [-0.4, -0.2) is 49.6 Å². The Morgan fingerprint density at radius 3 is 2.29 bits per heavy atom. The average Bonchev–Trinajstić information content (AvgIpc) is 3.06. The lowest BCUT2D eigenvalue weighted by molar-refractivity contribution is -0.139. The van der Waals surface area contributed by atoms with Crippen LogP contribution in [0.1, 0.15) is 42.6 Å². The molecule has 4 aromatic rings. The second-order valence-corrected chi connectivity index (χ2v) is 14.8. The van der Waals surface area contributed by atoms with Crippen LogP contribution in [0.2, 0.25) is 0 Å². The molecule has 0 saturated carbocycles.